The first-order chi connectivity index (χ1) is 17.0. The standard InChI is InChI=1S/C29H33ClFNO4/c1-18-23(28(34)35)13-14-24(20-9-6-5-7-10-20)26(18)19(2)36-17-22(33)16-32-29(3,4)15-21-11-8-12-25(30)27(21)31/h5-14,19,22,32-33H,15-17H2,1-4H3,(H,34,35)/t19?,22-/m1/s1. The molecule has 0 aliphatic rings. The van der Waals surface area contributed by atoms with E-state index in [1.54, 1.807) is 31.2 Å². The van der Waals surface area contributed by atoms with Crippen LogP contribution in [0.2, 0.25) is 5.02 Å². The fraction of sp³-hybridized carbons (Fsp3) is 0.345. The third-order valence-corrected chi connectivity index (χ3v) is 6.55. The minimum absolute atomic E-state index is 0.0424. The molecule has 0 heterocycles. The van der Waals surface area contributed by atoms with Crippen molar-refractivity contribution in [3.8, 4) is 11.1 Å². The van der Waals surface area contributed by atoms with Gasteiger partial charge in [0.15, 0.2) is 0 Å². The van der Waals surface area contributed by atoms with E-state index < -0.39 is 29.5 Å². The summed E-state index contributed by atoms with van der Waals surface area (Å²) in [5.74, 6) is -1.43. The van der Waals surface area contributed by atoms with Gasteiger partial charge in [-0.25, -0.2) is 9.18 Å². The van der Waals surface area contributed by atoms with E-state index in [2.05, 4.69) is 5.32 Å². The number of aliphatic hydroxyl groups is 1. The number of hydrogen-bond donors (Lipinski definition) is 3. The van der Waals surface area contributed by atoms with Gasteiger partial charge in [-0.15, -0.1) is 0 Å². The number of nitrogens with one attached hydrogen (secondary N) is 1. The molecule has 0 radical (unpaired) electrons. The predicted molar refractivity (Wildman–Crippen MR) is 141 cm³/mol. The van der Waals surface area contributed by atoms with Crippen LogP contribution in [-0.4, -0.2) is 41.0 Å². The van der Waals surface area contributed by atoms with Crippen LogP contribution in [0.1, 0.15) is 53.9 Å². The van der Waals surface area contributed by atoms with Gasteiger partial charge in [-0.2, -0.15) is 0 Å². The van der Waals surface area contributed by atoms with Crippen LogP contribution in [0.5, 0.6) is 0 Å². The fourth-order valence-corrected chi connectivity index (χ4v) is 4.56. The van der Waals surface area contributed by atoms with E-state index >= 15 is 0 Å². The summed E-state index contributed by atoms with van der Waals surface area (Å²) in [6, 6.07) is 18.1. The molecule has 3 N–H and O–H groups in total. The first-order valence-corrected chi connectivity index (χ1v) is 12.3. The second kappa shape index (κ2) is 12.0. The summed E-state index contributed by atoms with van der Waals surface area (Å²) in [7, 11) is 0. The third-order valence-electron chi connectivity index (χ3n) is 6.26. The van der Waals surface area contributed by atoms with Crippen LogP contribution in [0.4, 0.5) is 4.39 Å². The van der Waals surface area contributed by atoms with Gasteiger partial charge in [0.2, 0.25) is 0 Å². The van der Waals surface area contributed by atoms with Gasteiger partial charge in [-0.1, -0.05) is 60.1 Å². The minimum Gasteiger partial charge on any atom is -0.478 e. The molecule has 0 saturated heterocycles. The maximum absolute atomic E-state index is 14.3. The molecule has 3 rings (SSSR count). The van der Waals surface area contributed by atoms with Crippen molar-refractivity contribution in [1.29, 1.82) is 0 Å². The van der Waals surface area contributed by atoms with Crippen molar-refractivity contribution in [2.24, 2.45) is 0 Å². The molecule has 0 bridgehead atoms. The predicted octanol–water partition coefficient (Wildman–Crippen LogP) is 6.20. The number of aliphatic hydroxyl groups excluding tert-OH is 1. The molecular weight excluding hydrogens is 481 g/mol. The van der Waals surface area contributed by atoms with Gasteiger partial charge in [0.1, 0.15) is 5.82 Å². The van der Waals surface area contributed by atoms with Crippen LogP contribution in [0, 0.1) is 12.7 Å². The number of carboxylic acid groups (broad SMARTS) is 1. The molecule has 0 fully saturated rings. The number of carbonyl (C=O) groups is 1. The van der Waals surface area contributed by atoms with Crippen molar-refractivity contribution in [2.45, 2.75) is 51.9 Å². The molecule has 5 nitrogen and oxygen atoms in total. The minimum atomic E-state index is -0.997. The van der Waals surface area contributed by atoms with E-state index in [-0.39, 0.29) is 23.7 Å². The molecule has 0 aliphatic carbocycles. The summed E-state index contributed by atoms with van der Waals surface area (Å²) < 4.78 is 20.3. The third kappa shape index (κ3) is 6.92. The van der Waals surface area contributed by atoms with Crippen LogP contribution in [-0.2, 0) is 11.2 Å². The van der Waals surface area contributed by atoms with Crippen molar-refractivity contribution >= 4 is 17.6 Å². The van der Waals surface area contributed by atoms with Crippen molar-refractivity contribution in [2.75, 3.05) is 13.2 Å². The first-order valence-electron chi connectivity index (χ1n) is 11.9. The van der Waals surface area contributed by atoms with Gasteiger partial charge in [0.25, 0.3) is 0 Å². The summed E-state index contributed by atoms with van der Waals surface area (Å²) >= 11 is 5.90. The summed E-state index contributed by atoms with van der Waals surface area (Å²) in [6.07, 6.45) is -0.882. The lowest BCUT2D eigenvalue weighted by atomic mass is 9.90. The quantitative estimate of drug-likeness (QED) is 0.284. The van der Waals surface area contributed by atoms with Gasteiger partial charge in [0, 0.05) is 12.1 Å². The van der Waals surface area contributed by atoms with Crippen molar-refractivity contribution in [3.05, 3.63) is 93.8 Å². The lowest BCUT2D eigenvalue weighted by Crippen LogP contribution is -2.46. The maximum atomic E-state index is 14.3. The van der Waals surface area contributed by atoms with Crippen molar-refractivity contribution < 1.29 is 24.1 Å². The Balaban J connectivity index is 1.67. The van der Waals surface area contributed by atoms with E-state index in [9.17, 15) is 19.4 Å². The van der Waals surface area contributed by atoms with E-state index in [1.165, 1.54) is 6.07 Å². The Morgan fingerprint density at radius 1 is 1.11 bits per heavy atom. The molecule has 0 amide bonds. The lowest BCUT2D eigenvalue weighted by molar-refractivity contribution is -0.00424. The number of benzene rings is 3. The van der Waals surface area contributed by atoms with Crippen LogP contribution in [0.3, 0.4) is 0 Å². The molecule has 7 heteroatoms. The van der Waals surface area contributed by atoms with Crippen LogP contribution in [0.15, 0.2) is 60.7 Å². The molecule has 1 unspecified atom stereocenters. The van der Waals surface area contributed by atoms with Crippen molar-refractivity contribution in [3.63, 3.8) is 0 Å². The molecular formula is C29H33ClFNO4. The lowest BCUT2D eigenvalue weighted by Gasteiger charge is -2.29. The summed E-state index contributed by atoms with van der Waals surface area (Å²) in [6.45, 7) is 7.77. The Hall–Kier alpha value is -2.77. The number of carboxylic acids is 1. The van der Waals surface area contributed by atoms with Crippen LogP contribution in [0.25, 0.3) is 11.1 Å². The van der Waals surface area contributed by atoms with E-state index in [0.29, 0.717) is 17.5 Å². The highest BCUT2D eigenvalue weighted by atomic mass is 35.5. The molecule has 0 saturated carbocycles. The summed E-state index contributed by atoms with van der Waals surface area (Å²) in [5, 5.41) is 23.6. The number of rotatable bonds is 11. The van der Waals surface area contributed by atoms with E-state index in [4.69, 9.17) is 16.3 Å². The zero-order chi connectivity index (χ0) is 26.5. The highest BCUT2D eigenvalue weighted by Gasteiger charge is 2.24. The average Bonchev–Trinajstić information content (AvgIpc) is 2.84. The monoisotopic (exact) mass is 513 g/mol. The van der Waals surface area contributed by atoms with Gasteiger partial charge in [-0.05, 0) is 74.1 Å². The summed E-state index contributed by atoms with van der Waals surface area (Å²) in [4.78, 5) is 11.7. The van der Waals surface area contributed by atoms with E-state index in [0.717, 1.165) is 16.7 Å². The smallest absolute Gasteiger partial charge is 0.335 e. The largest absolute Gasteiger partial charge is 0.478 e. The highest BCUT2D eigenvalue weighted by molar-refractivity contribution is 6.30. The number of β-amino-alcohol motifs (C(OH)–C–C–N with tert-alkyl or cyclic N) is 1. The van der Waals surface area contributed by atoms with Gasteiger partial charge < -0.3 is 20.3 Å². The molecule has 0 spiro atoms. The molecule has 0 aliphatic heterocycles. The summed E-state index contributed by atoms with van der Waals surface area (Å²) in [5.41, 5.74) is 3.49. The average molecular weight is 514 g/mol. The first kappa shape index (κ1) is 27.8. The Morgan fingerprint density at radius 2 is 1.81 bits per heavy atom. The highest BCUT2D eigenvalue weighted by Crippen LogP contribution is 2.34. The zero-order valence-corrected chi connectivity index (χ0v) is 21.8. The second-order valence-corrected chi connectivity index (χ2v) is 10.1. The molecule has 36 heavy (non-hydrogen) atoms. The van der Waals surface area contributed by atoms with E-state index in [1.807, 2.05) is 51.1 Å². The Bertz CT molecular complexity index is 1200. The van der Waals surface area contributed by atoms with Gasteiger partial charge >= 0.3 is 5.97 Å². The number of ether oxygens (including phenoxy) is 1. The Kier molecular flexibility index (Phi) is 9.25. The maximum Gasteiger partial charge on any atom is 0.335 e. The molecule has 2 atom stereocenters. The molecule has 0 aromatic heterocycles. The van der Waals surface area contributed by atoms with Crippen LogP contribution >= 0.6 is 11.6 Å². The SMILES string of the molecule is Cc1c(C(=O)O)ccc(-c2ccccc2)c1C(C)OC[C@H](O)CNC(C)(C)Cc1cccc(Cl)c1F. The van der Waals surface area contributed by atoms with Crippen molar-refractivity contribution in [1.82, 2.24) is 5.32 Å². The second-order valence-electron chi connectivity index (χ2n) is 9.65. The zero-order valence-electron chi connectivity index (χ0n) is 21.0. The number of aromatic carboxylic acids is 1. The molecule has 3 aromatic carbocycles. The fourth-order valence-electron chi connectivity index (χ4n) is 4.37. The van der Waals surface area contributed by atoms with Gasteiger partial charge in [-0.3, -0.25) is 0 Å². The number of halogens is 2. The topological polar surface area (TPSA) is 78.8 Å². The Morgan fingerprint density at radius 3 is 2.47 bits per heavy atom. The van der Waals surface area contributed by atoms with Gasteiger partial charge in [0.05, 0.1) is 29.4 Å². The molecule has 192 valence electrons. The Labute approximate surface area is 216 Å². The normalized spacial score (nSPS) is 13.4. The van der Waals surface area contributed by atoms with Crippen LogP contribution < -0.4 is 5.32 Å². The molecule has 3 aromatic rings. The number of hydrogen-bond acceptors (Lipinski definition) is 4.